The fourth-order valence-electron chi connectivity index (χ4n) is 4.07. The number of aryl methyl sites for hydroxylation is 1. The van der Waals surface area contributed by atoms with Gasteiger partial charge in [0.05, 0.1) is 6.61 Å². The molecule has 1 aromatic carbocycles. The molecule has 9 heteroatoms. The number of benzene rings is 1. The summed E-state index contributed by atoms with van der Waals surface area (Å²) in [6.45, 7) is 7.91. The van der Waals surface area contributed by atoms with Crippen LogP contribution in [-0.2, 0) is 4.74 Å². The number of anilines is 2. The second-order valence-corrected chi connectivity index (χ2v) is 8.51. The lowest BCUT2D eigenvalue weighted by Crippen LogP contribution is -2.29. The summed E-state index contributed by atoms with van der Waals surface area (Å²) in [6, 6.07) is 5.85. The number of nitrogens with one attached hydrogen (secondary N) is 1. The lowest BCUT2D eigenvalue weighted by atomic mass is 9.98. The van der Waals surface area contributed by atoms with E-state index in [2.05, 4.69) is 38.3 Å². The van der Waals surface area contributed by atoms with Crippen molar-refractivity contribution in [3.05, 3.63) is 46.4 Å². The molecule has 32 heavy (non-hydrogen) atoms. The molecule has 2 aliphatic rings. The van der Waals surface area contributed by atoms with Crippen LogP contribution in [0.3, 0.4) is 0 Å². The minimum absolute atomic E-state index is 0.518. The molecule has 1 unspecified atom stereocenters. The third-order valence-corrected chi connectivity index (χ3v) is 6.15. The summed E-state index contributed by atoms with van der Waals surface area (Å²) >= 11 is 6.67. The Kier molecular flexibility index (Phi) is 5.80. The molecule has 0 bridgehead atoms. The zero-order valence-corrected chi connectivity index (χ0v) is 18.9. The Morgan fingerprint density at radius 3 is 2.91 bits per heavy atom. The Balaban J connectivity index is 1.40. The van der Waals surface area contributed by atoms with E-state index in [0.717, 1.165) is 67.4 Å². The molecule has 4 heterocycles. The number of ether oxygens (including phenoxy) is 1. The number of aromatic nitrogens is 4. The second kappa shape index (κ2) is 8.88. The Labute approximate surface area is 191 Å². The molecular formula is C23H25ClN6O2. The third kappa shape index (κ3) is 4.20. The first-order valence-electron chi connectivity index (χ1n) is 10.9. The molecule has 2 aliphatic heterocycles. The summed E-state index contributed by atoms with van der Waals surface area (Å²) in [5.74, 6) is 3.17. The fourth-order valence-corrected chi connectivity index (χ4v) is 4.37. The van der Waals surface area contributed by atoms with E-state index >= 15 is 0 Å². The van der Waals surface area contributed by atoms with E-state index < -0.39 is 0 Å². The average molecular weight is 453 g/mol. The number of nitrogens with zero attached hydrogens (tertiary/aromatic N) is 5. The van der Waals surface area contributed by atoms with Crippen molar-refractivity contribution < 1.29 is 9.26 Å². The minimum Gasteiger partial charge on any atom is -0.381 e. The number of fused-ring (bicyclic) bond motifs is 1. The first-order chi connectivity index (χ1) is 15.6. The van der Waals surface area contributed by atoms with Crippen molar-refractivity contribution in [2.24, 2.45) is 5.92 Å². The first-order valence-corrected chi connectivity index (χ1v) is 11.2. The number of likely N-dealkylation sites (N-methyl/N-ethyl adjacent to an activating group) is 1. The van der Waals surface area contributed by atoms with Crippen molar-refractivity contribution in [3.63, 3.8) is 0 Å². The van der Waals surface area contributed by atoms with Crippen molar-refractivity contribution in [2.45, 2.75) is 20.3 Å². The zero-order chi connectivity index (χ0) is 22.1. The van der Waals surface area contributed by atoms with Gasteiger partial charge in [-0.1, -0.05) is 28.9 Å². The maximum Gasteiger partial charge on any atom is 0.224 e. The molecule has 1 atom stereocenters. The van der Waals surface area contributed by atoms with Crippen LogP contribution in [0, 0.1) is 12.8 Å². The van der Waals surface area contributed by atoms with Crippen LogP contribution in [0.1, 0.15) is 30.4 Å². The summed E-state index contributed by atoms with van der Waals surface area (Å²) in [7, 11) is 0. The number of rotatable bonds is 6. The largest absolute Gasteiger partial charge is 0.381 e. The standard InChI is InChI=1S/C23H25ClN6O2/c1-3-30-12-18(19-5-4-16(9-20(19)24)21-27-14(2)32-29-21)8-17-11-26-23(28-22(17)30)25-10-15-6-7-31-13-15/h4-5,8-9,11,15H,3,6-7,10,12-13H2,1-2H3,(H,25,26,28). The number of halogens is 1. The molecule has 0 amide bonds. The maximum atomic E-state index is 6.67. The molecule has 0 radical (unpaired) electrons. The highest BCUT2D eigenvalue weighted by molar-refractivity contribution is 6.33. The van der Waals surface area contributed by atoms with Crippen molar-refractivity contribution >= 4 is 35.0 Å². The van der Waals surface area contributed by atoms with Gasteiger partial charge in [0.15, 0.2) is 0 Å². The van der Waals surface area contributed by atoms with Crippen molar-refractivity contribution in [1.29, 1.82) is 0 Å². The average Bonchev–Trinajstić information content (AvgIpc) is 3.48. The zero-order valence-electron chi connectivity index (χ0n) is 18.1. The molecule has 1 N–H and O–H groups in total. The van der Waals surface area contributed by atoms with E-state index in [0.29, 0.717) is 28.6 Å². The van der Waals surface area contributed by atoms with Crippen LogP contribution >= 0.6 is 11.6 Å². The topological polar surface area (TPSA) is 89.2 Å². The highest BCUT2D eigenvalue weighted by Crippen LogP contribution is 2.35. The van der Waals surface area contributed by atoms with E-state index in [1.807, 2.05) is 24.4 Å². The third-order valence-electron chi connectivity index (χ3n) is 5.84. The molecule has 5 rings (SSSR count). The summed E-state index contributed by atoms with van der Waals surface area (Å²) in [6.07, 6.45) is 5.08. The quantitative estimate of drug-likeness (QED) is 0.591. The predicted molar refractivity (Wildman–Crippen MR) is 125 cm³/mol. The van der Waals surface area contributed by atoms with Crippen molar-refractivity contribution in [2.75, 3.05) is 43.1 Å². The smallest absolute Gasteiger partial charge is 0.224 e. The van der Waals surface area contributed by atoms with Crippen LogP contribution < -0.4 is 10.2 Å². The van der Waals surface area contributed by atoms with E-state index in [4.69, 9.17) is 25.8 Å². The highest BCUT2D eigenvalue weighted by atomic mass is 35.5. The van der Waals surface area contributed by atoms with Crippen molar-refractivity contribution in [3.8, 4) is 11.4 Å². The SMILES string of the molecule is CCN1CC(c2ccc(-c3noc(C)n3)cc2Cl)=Cc2cnc(NCC3CCOC3)nc21. The normalized spacial score (nSPS) is 17.9. The maximum absolute atomic E-state index is 6.67. The molecule has 1 fully saturated rings. The molecule has 0 spiro atoms. The molecule has 1 saturated heterocycles. The molecule has 2 aromatic heterocycles. The van der Waals surface area contributed by atoms with Gasteiger partial charge in [0.2, 0.25) is 17.7 Å². The van der Waals surface area contributed by atoms with E-state index in [1.165, 1.54) is 0 Å². The van der Waals surface area contributed by atoms with Crippen LogP contribution in [0.4, 0.5) is 11.8 Å². The van der Waals surface area contributed by atoms with E-state index in [9.17, 15) is 0 Å². The lowest BCUT2D eigenvalue weighted by Gasteiger charge is -2.30. The first kappa shape index (κ1) is 20.9. The molecule has 0 saturated carbocycles. The second-order valence-electron chi connectivity index (χ2n) is 8.10. The van der Waals surface area contributed by atoms with E-state index in [1.54, 1.807) is 6.92 Å². The number of hydrogen-bond acceptors (Lipinski definition) is 8. The highest BCUT2D eigenvalue weighted by Gasteiger charge is 2.23. The Hall–Kier alpha value is -2.97. The monoisotopic (exact) mass is 452 g/mol. The molecular weight excluding hydrogens is 428 g/mol. The fraction of sp³-hybridized carbons (Fsp3) is 0.391. The van der Waals surface area contributed by atoms with Gasteiger partial charge >= 0.3 is 0 Å². The summed E-state index contributed by atoms with van der Waals surface area (Å²) < 4.78 is 10.5. The van der Waals surface area contributed by atoms with Crippen LogP contribution in [0.2, 0.25) is 5.02 Å². The molecule has 3 aromatic rings. The Bertz CT molecular complexity index is 1160. The van der Waals surface area contributed by atoms with Crippen LogP contribution in [0.25, 0.3) is 23.0 Å². The van der Waals surface area contributed by atoms with Gasteiger partial charge in [-0.2, -0.15) is 9.97 Å². The number of hydrogen-bond donors (Lipinski definition) is 1. The van der Waals surface area contributed by atoms with Gasteiger partial charge in [-0.15, -0.1) is 0 Å². The summed E-state index contributed by atoms with van der Waals surface area (Å²) in [5.41, 5.74) is 3.90. The molecule has 166 valence electrons. The van der Waals surface area contributed by atoms with Gasteiger partial charge in [-0.25, -0.2) is 4.98 Å². The van der Waals surface area contributed by atoms with E-state index in [-0.39, 0.29) is 0 Å². The minimum atomic E-state index is 0.518. The summed E-state index contributed by atoms with van der Waals surface area (Å²) in [5, 5.41) is 7.99. The van der Waals surface area contributed by atoms with Gasteiger partial charge in [-0.05, 0) is 36.6 Å². The van der Waals surface area contributed by atoms with Crippen LogP contribution in [0.15, 0.2) is 28.9 Å². The lowest BCUT2D eigenvalue weighted by molar-refractivity contribution is 0.187. The van der Waals surface area contributed by atoms with Gasteiger partial charge in [0.1, 0.15) is 5.82 Å². The van der Waals surface area contributed by atoms with Gasteiger partial charge in [-0.3, -0.25) is 0 Å². The molecule has 8 nitrogen and oxygen atoms in total. The summed E-state index contributed by atoms with van der Waals surface area (Å²) in [4.78, 5) is 15.8. The Morgan fingerprint density at radius 1 is 1.28 bits per heavy atom. The van der Waals surface area contributed by atoms with Gasteiger partial charge in [0, 0.05) is 61.4 Å². The Morgan fingerprint density at radius 2 is 2.19 bits per heavy atom. The van der Waals surface area contributed by atoms with Gasteiger partial charge in [0.25, 0.3) is 0 Å². The van der Waals surface area contributed by atoms with Crippen LogP contribution in [0.5, 0.6) is 0 Å². The van der Waals surface area contributed by atoms with Crippen molar-refractivity contribution in [1.82, 2.24) is 20.1 Å². The van der Waals surface area contributed by atoms with Gasteiger partial charge < -0.3 is 19.5 Å². The predicted octanol–water partition coefficient (Wildman–Crippen LogP) is 4.32. The molecule has 0 aliphatic carbocycles. The van der Waals surface area contributed by atoms with Crippen LogP contribution in [-0.4, -0.2) is 53.0 Å².